The Bertz CT molecular complexity index is 1150. The van der Waals surface area contributed by atoms with Gasteiger partial charge >= 0.3 is 0 Å². The summed E-state index contributed by atoms with van der Waals surface area (Å²) in [7, 11) is 1.62. The maximum Gasteiger partial charge on any atom is 0.277 e. The van der Waals surface area contributed by atoms with Gasteiger partial charge in [-0.05, 0) is 43.3 Å². The monoisotopic (exact) mass is 380 g/mol. The van der Waals surface area contributed by atoms with Crippen LogP contribution in [0.25, 0.3) is 17.1 Å². The van der Waals surface area contributed by atoms with E-state index in [2.05, 4.69) is 15.2 Å². The molecule has 1 aromatic carbocycles. The Labute approximate surface area is 159 Å². The summed E-state index contributed by atoms with van der Waals surface area (Å²) in [6.07, 6.45) is 0. The second kappa shape index (κ2) is 7.24. The summed E-state index contributed by atoms with van der Waals surface area (Å²) >= 11 is 1.34. The highest BCUT2D eigenvalue weighted by Gasteiger charge is 2.11. The Morgan fingerprint density at radius 3 is 2.74 bits per heavy atom. The molecule has 0 bridgehead atoms. The van der Waals surface area contributed by atoms with Crippen LogP contribution in [0, 0.1) is 6.92 Å². The van der Waals surface area contributed by atoms with Crippen LogP contribution < -0.4 is 10.3 Å². The number of rotatable bonds is 5. The fourth-order valence-electron chi connectivity index (χ4n) is 2.69. The Hall–Kier alpha value is -3.13. The molecule has 0 fully saturated rings. The molecule has 0 unspecified atom stereocenters. The topological polar surface area (TPSA) is 82.5 Å². The standard InChI is InChI=1S/C19H16N4O3S/c1-12-4-3-5-16-20-14(10-17(24)23(12)16)11-27-19-22-21-18(26-19)13-6-8-15(25-2)9-7-13/h3-10H,11H2,1-2H3. The third-order valence-electron chi connectivity index (χ3n) is 4.02. The van der Waals surface area contributed by atoms with Gasteiger partial charge in [-0.1, -0.05) is 17.8 Å². The molecule has 0 saturated heterocycles. The van der Waals surface area contributed by atoms with Crippen molar-refractivity contribution in [2.45, 2.75) is 17.9 Å². The van der Waals surface area contributed by atoms with Crippen molar-refractivity contribution < 1.29 is 9.15 Å². The summed E-state index contributed by atoms with van der Waals surface area (Å²) in [6.45, 7) is 1.88. The molecule has 0 N–H and O–H groups in total. The zero-order valence-electron chi connectivity index (χ0n) is 14.7. The molecule has 0 aliphatic carbocycles. The van der Waals surface area contributed by atoms with Gasteiger partial charge in [0.15, 0.2) is 0 Å². The van der Waals surface area contributed by atoms with Gasteiger partial charge in [-0.15, -0.1) is 10.2 Å². The Balaban J connectivity index is 1.51. The molecule has 0 aliphatic rings. The maximum atomic E-state index is 12.3. The predicted octanol–water partition coefficient (Wildman–Crippen LogP) is 3.35. The average Bonchev–Trinajstić information content (AvgIpc) is 3.15. The van der Waals surface area contributed by atoms with Crippen LogP contribution in [0.1, 0.15) is 11.4 Å². The summed E-state index contributed by atoms with van der Waals surface area (Å²) in [5.74, 6) is 1.66. The molecule has 0 aliphatic heterocycles. The number of ether oxygens (including phenoxy) is 1. The van der Waals surface area contributed by atoms with Crippen LogP contribution in [0.5, 0.6) is 5.75 Å². The highest BCUT2D eigenvalue weighted by atomic mass is 32.2. The van der Waals surface area contributed by atoms with Gasteiger partial charge in [-0.3, -0.25) is 9.20 Å². The smallest absolute Gasteiger partial charge is 0.277 e. The second-order valence-electron chi connectivity index (χ2n) is 5.84. The van der Waals surface area contributed by atoms with E-state index in [1.165, 1.54) is 17.8 Å². The number of aromatic nitrogens is 4. The van der Waals surface area contributed by atoms with Gasteiger partial charge in [0.25, 0.3) is 10.8 Å². The van der Waals surface area contributed by atoms with Crippen molar-refractivity contribution in [3.05, 3.63) is 70.3 Å². The second-order valence-corrected chi connectivity index (χ2v) is 6.76. The van der Waals surface area contributed by atoms with Crippen molar-refractivity contribution >= 4 is 17.4 Å². The number of hydrogen-bond donors (Lipinski definition) is 0. The van der Waals surface area contributed by atoms with Crippen molar-refractivity contribution in [3.63, 3.8) is 0 Å². The lowest BCUT2D eigenvalue weighted by atomic mass is 10.2. The van der Waals surface area contributed by atoms with Gasteiger partial charge < -0.3 is 9.15 Å². The lowest BCUT2D eigenvalue weighted by molar-refractivity contribution is 0.414. The van der Waals surface area contributed by atoms with E-state index in [1.54, 1.807) is 11.5 Å². The zero-order valence-corrected chi connectivity index (χ0v) is 15.6. The Morgan fingerprint density at radius 1 is 1.15 bits per heavy atom. The predicted molar refractivity (Wildman–Crippen MR) is 102 cm³/mol. The lowest BCUT2D eigenvalue weighted by Crippen LogP contribution is -2.17. The largest absolute Gasteiger partial charge is 0.497 e. The number of pyridine rings is 1. The van der Waals surface area contributed by atoms with Gasteiger partial charge in [-0.25, -0.2) is 4.98 Å². The molecular weight excluding hydrogens is 364 g/mol. The number of nitrogens with zero attached hydrogens (tertiary/aromatic N) is 4. The zero-order chi connectivity index (χ0) is 18.8. The molecule has 3 aromatic heterocycles. The number of hydrogen-bond acceptors (Lipinski definition) is 7. The maximum absolute atomic E-state index is 12.3. The molecule has 0 spiro atoms. The van der Waals surface area contributed by atoms with E-state index in [0.717, 1.165) is 17.0 Å². The lowest BCUT2D eigenvalue weighted by Gasteiger charge is -2.05. The van der Waals surface area contributed by atoms with Crippen LogP contribution in [0.15, 0.2) is 63.0 Å². The Morgan fingerprint density at radius 2 is 1.96 bits per heavy atom. The van der Waals surface area contributed by atoms with E-state index in [1.807, 2.05) is 49.4 Å². The summed E-state index contributed by atoms with van der Waals surface area (Å²) in [5.41, 5.74) is 2.86. The van der Waals surface area contributed by atoms with Crippen LogP contribution in [0.4, 0.5) is 0 Å². The van der Waals surface area contributed by atoms with Crippen LogP contribution in [-0.2, 0) is 5.75 Å². The van der Waals surface area contributed by atoms with E-state index >= 15 is 0 Å². The van der Waals surface area contributed by atoms with Crippen LogP contribution in [0.3, 0.4) is 0 Å². The van der Waals surface area contributed by atoms with E-state index < -0.39 is 0 Å². The van der Waals surface area contributed by atoms with Crippen molar-refractivity contribution in [2.24, 2.45) is 0 Å². The number of fused-ring (bicyclic) bond motifs is 1. The number of aryl methyl sites for hydroxylation is 1. The van der Waals surface area contributed by atoms with E-state index in [9.17, 15) is 4.79 Å². The molecule has 0 saturated carbocycles. The minimum absolute atomic E-state index is 0.0989. The highest BCUT2D eigenvalue weighted by molar-refractivity contribution is 7.98. The molecule has 8 heteroatoms. The number of methoxy groups -OCH3 is 1. The first-order valence-electron chi connectivity index (χ1n) is 8.23. The average molecular weight is 380 g/mol. The molecule has 7 nitrogen and oxygen atoms in total. The van der Waals surface area contributed by atoms with Crippen molar-refractivity contribution in [3.8, 4) is 17.2 Å². The minimum atomic E-state index is -0.0989. The highest BCUT2D eigenvalue weighted by Crippen LogP contribution is 2.26. The molecule has 3 heterocycles. The third kappa shape index (κ3) is 3.56. The van der Waals surface area contributed by atoms with Gasteiger partial charge in [0.2, 0.25) is 5.89 Å². The van der Waals surface area contributed by atoms with Crippen molar-refractivity contribution in [1.82, 2.24) is 19.6 Å². The molecular formula is C19H16N4O3S. The normalized spacial score (nSPS) is 11.0. The van der Waals surface area contributed by atoms with E-state index in [-0.39, 0.29) is 5.56 Å². The summed E-state index contributed by atoms with van der Waals surface area (Å²) in [5, 5.41) is 8.54. The molecule has 0 radical (unpaired) electrons. The quantitative estimate of drug-likeness (QED) is 0.491. The molecule has 27 heavy (non-hydrogen) atoms. The van der Waals surface area contributed by atoms with Gasteiger partial charge in [0, 0.05) is 23.1 Å². The molecule has 0 atom stereocenters. The molecule has 136 valence electrons. The van der Waals surface area contributed by atoms with Crippen LogP contribution >= 0.6 is 11.8 Å². The first kappa shape index (κ1) is 17.3. The fraction of sp³-hybridized carbons (Fsp3) is 0.158. The van der Waals surface area contributed by atoms with Crippen LogP contribution in [-0.4, -0.2) is 26.7 Å². The van der Waals surface area contributed by atoms with Crippen molar-refractivity contribution in [2.75, 3.05) is 7.11 Å². The SMILES string of the molecule is COc1ccc(-c2nnc(SCc3cc(=O)n4c(C)cccc4n3)o2)cc1. The first-order chi connectivity index (χ1) is 13.1. The summed E-state index contributed by atoms with van der Waals surface area (Å²) in [6, 6.07) is 14.5. The summed E-state index contributed by atoms with van der Waals surface area (Å²) < 4.78 is 12.4. The number of benzene rings is 1. The van der Waals surface area contributed by atoms with Gasteiger partial charge in [-0.2, -0.15) is 0 Å². The van der Waals surface area contributed by atoms with Crippen LogP contribution in [0.2, 0.25) is 0 Å². The molecule has 4 aromatic rings. The van der Waals surface area contributed by atoms with E-state index in [4.69, 9.17) is 9.15 Å². The fourth-order valence-corrected chi connectivity index (χ4v) is 3.35. The minimum Gasteiger partial charge on any atom is -0.497 e. The number of thioether (sulfide) groups is 1. The van der Waals surface area contributed by atoms with Gasteiger partial charge in [0.1, 0.15) is 11.4 Å². The first-order valence-corrected chi connectivity index (χ1v) is 9.21. The molecule has 4 rings (SSSR count). The third-order valence-corrected chi connectivity index (χ3v) is 4.87. The van der Waals surface area contributed by atoms with Gasteiger partial charge in [0.05, 0.1) is 12.8 Å². The summed E-state index contributed by atoms with van der Waals surface area (Å²) in [4.78, 5) is 16.9. The van der Waals surface area contributed by atoms with Crippen molar-refractivity contribution in [1.29, 1.82) is 0 Å². The van der Waals surface area contributed by atoms with E-state index in [0.29, 0.717) is 28.2 Å². The molecule has 0 amide bonds. The Kier molecular flexibility index (Phi) is 4.64.